The zero-order chi connectivity index (χ0) is 21.5. The molecular formula is C22H24ClN3O4. The summed E-state index contributed by atoms with van der Waals surface area (Å²) in [4.78, 5) is 38.3. The highest BCUT2D eigenvalue weighted by Crippen LogP contribution is 2.23. The van der Waals surface area contributed by atoms with Crippen LogP contribution in [0.5, 0.6) is 5.75 Å². The molecule has 3 amide bonds. The van der Waals surface area contributed by atoms with Gasteiger partial charge in [-0.05, 0) is 49.2 Å². The molecule has 1 aliphatic rings. The second kappa shape index (κ2) is 10.1. The molecule has 158 valence electrons. The van der Waals surface area contributed by atoms with E-state index < -0.39 is 0 Å². The van der Waals surface area contributed by atoms with Gasteiger partial charge in [-0.3, -0.25) is 14.4 Å². The lowest BCUT2D eigenvalue weighted by Crippen LogP contribution is -2.41. The average Bonchev–Trinajstić information content (AvgIpc) is 2.78. The van der Waals surface area contributed by atoms with Gasteiger partial charge < -0.3 is 20.3 Å². The van der Waals surface area contributed by atoms with Crippen molar-refractivity contribution in [2.75, 3.05) is 32.1 Å². The summed E-state index contributed by atoms with van der Waals surface area (Å²) in [6.45, 7) is 0.956. The number of nitrogens with one attached hydrogen (secondary N) is 2. The van der Waals surface area contributed by atoms with Crippen LogP contribution in [0.2, 0.25) is 5.02 Å². The Balaban J connectivity index is 1.51. The fourth-order valence-electron chi connectivity index (χ4n) is 3.25. The van der Waals surface area contributed by atoms with Crippen molar-refractivity contribution < 1.29 is 19.1 Å². The van der Waals surface area contributed by atoms with Crippen molar-refractivity contribution in [3.8, 4) is 5.75 Å². The molecule has 1 fully saturated rings. The lowest BCUT2D eigenvalue weighted by molar-refractivity contribution is -0.122. The van der Waals surface area contributed by atoms with Crippen LogP contribution in [0.25, 0.3) is 0 Å². The predicted molar refractivity (Wildman–Crippen MR) is 115 cm³/mol. The number of hydrogen-bond donors (Lipinski definition) is 2. The monoisotopic (exact) mass is 429 g/mol. The summed E-state index contributed by atoms with van der Waals surface area (Å²) in [6, 6.07) is 13.7. The number of carbonyl (C=O) groups excluding carboxylic acids is 3. The average molecular weight is 430 g/mol. The van der Waals surface area contributed by atoms with Gasteiger partial charge in [-0.1, -0.05) is 17.7 Å². The van der Waals surface area contributed by atoms with Crippen LogP contribution in [0.4, 0.5) is 5.69 Å². The van der Waals surface area contributed by atoms with Gasteiger partial charge in [0.25, 0.3) is 11.8 Å². The van der Waals surface area contributed by atoms with E-state index in [0.717, 1.165) is 0 Å². The Bertz CT molecular complexity index is 909. The van der Waals surface area contributed by atoms with E-state index in [1.807, 2.05) is 0 Å². The lowest BCUT2D eigenvalue weighted by atomic mass is 9.95. The largest absolute Gasteiger partial charge is 0.484 e. The summed E-state index contributed by atoms with van der Waals surface area (Å²) in [5.74, 6) is -0.0395. The van der Waals surface area contributed by atoms with Crippen molar-refractivity contribution in [2.45, 2.75) is 12.8 Å². The first-order valence-electron chi connectivity index (χ1n) is 9.75. The third-order valence-corrected chi connectivity index (χ3v) is 5.25. The number of carbonyl (C=O) groups is 3. The molecule has 2 N–H and O–H groups in total. The molecule has 2 aromatic carbocycles. The van der Waals surface area contributed by atoms with Crippen molar-refractivity contribution in [1.82, 2.24) is 10.2 Å². The number of hydrogen-bond acceptors (Lipinski definition) is 4. The minimum absolute atomic E-state index is 0.0495. The first-order chi connectivity index (χ1) is 14.5. The highest BCUT2D eigenvalue weighted by molar-refractivity contribution is 6.30. The van der Waals surface area contributed by atoms with Crippen LogP contribution < -0.4 is 15.4 Å². The van der Waals surface area contributed by atoms with Gasteiger partial charge >= 0.3 is 0 Å². The quantitative estimate of drug-likeness (QED) is 0.739. The Morgan fingerprint density at radius 2 is 1.80 bits per heavy atom. The molecule has 0 radical (unpaired) electrons. The molecule has 2 aromatic rings. The third-order valence-electron chi connectivity index (χ3n) is 4.99. The first kappa shape index (κ1) is 21.6. The molecule has 1 saturated heterocycles. The number of halogens is 1. The number of rotatable bonds is 6. The molecule has 8 heteroatoms. The molecule has 7 nitrogen and oxygen atoms in total. The minimum Gasteiger partial charge on any atom is -0.484 e. The summed E-state index contributed by atoms with van der Waals surface area (Å²) in [5.41, 5.74) is 1.20. The van der Waals surface area contributed by atoms with Crippen molar-refractivity contribution in [1.29, 1.82) is 0 Å². The van der Waals surface area contributed by atoms with Gasteiger partial charge in [0.1, 0.15) is 5.75 Å². The van der Waals surface area contributed by atoms with Gasteiger partial charge in [0.05, 0.1) is 0 Å². The van der Waals surface area contributed by atoms with Crippen LogP contribution in [0.1, 0.15) is 23.2 Å². The Morgan fingerprint density at radius 1 is 1.10 bits per heavy atom. The predicted octanol–water partition coefficient (Wildman–Crippen LogP) is 2.96. The summed E-state index contributed by atoms with van der Waals surface area (Å²) >= 11 is 5.88. The summed E-state index contributed by atoms with van der Waals surface area (Å²) in [7, 11) is 1.54. The van der Waals surface area contributed by atoms with E-state index in [4.69, 9.17) is 16.3 Å². The molecule has 0 aliphatic carbocycles. The Labute approximate surface area is 180 Å². The summed E-state index contributed by atoms with van der Waals surface area (Å²) in [6.07, 6.45) is 1.19. The second-order valence-electron chi connectivity index (χ2n) is 7.05. The molecule has 0 saturated carbocycles. The molecule has 0 spiro atoms. The number of benzene rings is 2. The van der Waals surface area contributed by atoms with Crippen molar-refractivity contribution in [2.24, 2.45) is 5.92 Å². The molecular weight excluding hydrogens is 406 g/mol. The minimum atomic E-state index is -0.232. The Hall–Kier alpha value is -3.06. The number of piperidine rings is 1. The Morgan fingerprint density at radius 3 is 2.47 bits per heavy atom. The van der Waals surface area contributed by atoms with Crippen LogP contribution in [-0.4, -0.2) is 49.4 Å². The van der Waals surface area contributed by atoms with E-state index in [1.54, 1.807) is 53.4 Å². The first-order valence-corrected chi connectivity index (χ1v) is 10.1. The van der Waals surface area contributed by atoms with Crippen molar-refractivity contribution >= 4 is 35.0 Å². The van der Waals surface area contributed by atoms with Gasteiger partial charge in [0.15, 0.2) is 6.61 Å². The van der Waals surface area contributed by atoms with Gasteiger partial charge in [-0.2, -0.15) is 0 Å². The lowest BCUT2D eigenvalue weighted by Gasteiger charge is -2.31. The van der Waals surface area contributed by atoms with Crippen LogP contribution >= 0.6 is 11.6 Å². The zero-order valence-electron chi connectivity index (χ0n) is 16.7. The zero-order valence-corrected chi connectivity index (χ0v) is 17.4. The fourth-order valence-corrected chi connectivity index (χ4v) is 3.37. The molecule has 1 aliphatic heterocycles. The van der Waals surface area contributed by atoms with Crippen LogP contribution in [0.15, 0.2) is 48.5 Å². The van der Waals surface area contributed by atoms with E-state index in [1.165, 1.54) is 7.05 Å². The number of anilines is 1. The van der Waals surface area contributed by atoms with Gasteiger partial charge in [0.2, 0.25) is 5.91 Å². The number of amides is 3. The standard InChI is InChI=1S/C22H24ClN3O4/c1-24-20(27)14-30-19-4-2-3-18(13-19)25-21(28)15-9-11-26(12-10-15)22(29)16-5-7-17(23)8-6-16/h2-8,13,15H,9-12,14H2,1H3,(H,24,27)(H,25,28). The number of likely N-dealkylation sites (N-methyl/N-ethyl adjacent to an activating group) is 1. The van der Waals surface area contributed by atoms with Gasteiger partial charge in [-0.25, -0.2) is 0 Å². The van der Waals surface area contributed by atoms with Crippen molar-refractivity contribution in [3.63, 3.8) is 0 Å². The highest BCUT2D eigenvalue weighted by Gasteiger charge is 2.28. The maximum Gasteiger partial charge on any atom is 0.257 e. The molecule has 0 aromatic heterocycles. The van der Waals surface area contributed by atoms with Crippen molar-refractivity contribution in [3.05, 3.63) is 59.1 Å². The maximum absolute atomic E-state index is 12.6. The van der Waals surface area contributed by atoms with E-state index in [2.05, 4.69) is 10.6 Å². The van der Waals surface area contributed by atoms with E-state index >= 15 is 0 Å². The topological polar surface area (TPSA) is 87.7 Å². The number of ether oxygens (including phenoxy) is 1. The SMILES string of the molecule is CNC(=O)COc1cccc(NC(=O)C2CCN(C(=O)c3ccc(Cl)cc3)CC2)c1. The molecule has 0 bridgehead atoms. The molecule has 0 atom stereocenters. The molecule has 3 rings (SSSR count). The van der Waals surface area contributed by atoms with E-state index in [-0.39, 0.29) is 30.2 Å². The molecule has 0 unspecified atom stereocenters. The van der Waals surface area contributed by atoms with E-state index in [0.29, 0.717) is 48.0 Å². The normalized spacial score (nSPS) is 14.1. The maximum atomic E-state index is 12.6. The van der Waals surface area contributed by atoms with Crippen LogP contribution in [-0.2, 0) is 9.59 Å². The van der Waals surface area contributed by atoms with Gasteiger partial charge in [0, 0.05) is 48.4 Å². The molecule has 30 heavy (non-hydrogen) atoms. The van der Waals surface area contributed by atoms with E-state index in [9.17, 15) is 14.4 Å². The number of likely N-dealkylation sites (tertiary alicyclic amines) is 1. The smallest absolute Gasteiger partial charge is 0.257 e. The highest BCUT2D eigenvalue weighted by atomic mass is 35.5. The summed E-state index contributed by atoms with van der Waals surface area (Å²) in [5, 5.41) is 5.97. The second-order valence-corrected chi connectivity index (χ2v) is 7.49. The van der Waals surface area contributed by atoms with Crippen LogP contribution in [0.3, 0.4) is 0 Å². The van der Waals surface area contributed by atoms with Gasteiger partial charge in [-0.15, -0.1) is 0 Å². The van der Waals surface area contributed by atoms with Crippen LogP contribution in [0, 0.1) is 5.92 Å². The Kier molecular flexibility index (Phi) is 7.30. The summed E-state index contributed by atoms with van der Waals surface area (Å²) < 4.78 is 5.40. The third kappa shape index (κ3) is 5.73. The fraction of sp³-hybridized carbons (Fsp3) is 0.318. The number of nitrogens with zero attached hydrogens (tertiary/aromatic N) is 1. The molecule has 1 heterocycles.